The topological polar surface area (TPSA) is 85.7 Å². The minimum Gasteiger partial charge on any atom is -0.494 e. The fourth-order valence-corrected chi connectivity index (χ4v) is 3.72. The lowest BCUT2D eigenvalue weighted by molar-refractivity contribution is 0.319. The summed E-state index contributed by atoms with van der Waals surface area (Å²) in [5, 5.41) is 6.47. The molecule has 0 aromatic heterocycles. The van der Waals surface area contributed by atoms with E-state index in [2.05, 4.69) is 23.3 Å². The molecular formula is C25H29ClN4O2. The number of alkyl halides is 1. The van der Waals surface area contributed by atoms with Crippen molar-refractivity contribution in [3.63, 3.8) is 0 Å². The molecule has 2 aromatic carbocycles. The summed E-state index contributed by atoms with van der Waals surface area (Å²) in [6.07, 6.45) is 2.69. The third-order valence-electron chi connectivity index (χ3n) is 5.21. The lowest BCUT2D eigenvalue weighted by atomic mass is 10.1. The Labute approximate surface area is 192 Å². The van der Waals surface area contributed by atoms with Crippen molar-refractivity contribution in [2.75, 3.05) is 37.4 Å². The molecule has 0 radical (unpaired) electrons. The normalized spacial score (nSPS) is 12.2. The van der Waals surface area contributed by atoms with E-state index in [1.165, 1.54) is 0 Å². The van der Waals surface area contributed by atoms with E-state index in [0.717, 1.165) is 70.2 Å². The molecule has 0 atom stereocenters. The molecule has 1 aliphatic heterocycles. The highest BCUT2D eigenvalue weighted by molar-refractivity contribution is 6.17. The molecule has 32 heavy (non-hydrogen) atoms. The molecule has 6 nitrogen and oxygen atoms in total. The Kier molecular flexibility index (Phi) is 7.45. The van der Waals surface area contributed by atoms with Crippen molar-refractivity contribution in [2.45, 2.75) is 26.2 Å². The Balaban J connectivity index is 1.86. The molecular weight excluding hydrogens is 424 g/mol. The van der Waals surface area contributed by atoms with E-state index in [0.29, 0.717) is 31.3 Å². The van der Waals surface area contributed by atoms with Crippen LogP contribution in [-0.4, -0.2) is 37.1 Å². The summed E-state index contributed by atoms with van der Waals surface area (Å²) in [6, 6.07) is 14.0. The van der Waals surface area contributed by atoms with Gasteiger partial charge in [0.25, 0.3) is 0 Å². The van der Waals surface area contributed by atoms with Crippen LogP contribution in [0, 0.1) is 0 Å². The van der Waals surface area contributed by atoms with Crippen LogP contribution in [0.25, 0.3) is 33.3 Å². The van der Waals surface area contributed by atoms with Gasteiger partial charge in [0.1, 0.15) is 17.0 Å². The first-order valence-corrected chi connectivity index (χ1v) is 11.7. The molecule has 3 N–H and O–H groups in total. The lowest BCUT2D eigenvalue weighted by Crippen LogP contribution is -2.07. The molecule has 0 fully saturated rings. The average molecular weight is 453 g/mol. The second-order valence-corrected chi connectivity index (χ2v) is 8.06. The van der Waals surface area contributed by atoms with E-state index in [4.69, 9.17) is 31.5 Å². The summed E-state index contributed by atoms with van der Waals surface area (Å²) < 4.78 is 12.2. The molecule has 4 rings (SSSR count). The van der Waals surface area contributed by atoms with Crippen LogP contribution in [0.15, 0.2) is 51.9 Å². The fourth-order valence-electron chi connectivity index (χ4n) is 3.61. The van der Waals surface area contributed by atoms with Gasteiger partial charge in [0, 0.05) is 47.6 Å². The summed E-state index contributed by atoms with van der Waals surface area (Å²) in [5.41, 5.74) is 8.92. The van der Waals surface area contributed by atoms with Crippen molar-refractivity contribution in [3.05, 3.63) is 47.8 Å². The number of rotatable bonds is 10. The number of hydrogen-bond donors (Lipinski definition) is 2. The minimum atomic E-state index is 0.578. The van der Waals surface area contributed by atoms with Gasteiger partial charge in [0.05, 0.1) is 12.0 Å². The largest absolute Gasteiger partial charge is 0.494 e. The highest BCUT2D eigenvalue weighted by atomic mass is 35.5. The maximum Gasteiger partial charge on any atom is 0.155 e. The zero-order valence-electron chi connectivity index (χ0n) is 18.4. The van der Waals surface area contributed by atoms with E-state index in [-0.39, 0.29) is 0 Å². The van der Waals surface area contributed by atoms with Crippen LogP contribution in [-0.2, 0) is 0 Å². The number of hydrogen-bond acceptors (Lipinski definition) is 6. The molecule has 168 valence electrons. The van der Waals surface area contributed by atoms with Gasteiger partial charge in [-0.2, -0.15) is 0 Å². The maximum atomic E-state index is 6.31. The molecule has 1 heterocycles. The van der Waals surface area contributed by atoms with Crippen molar-refractivity contribution in [3.8, 4) is 17.2 Å². The Morgan fingerprint density at radius 2 is 2.03 bits per heavy atom. The van der Waals surface area contributed by atoms with Crippen molar-refractivity contribution in [1.29, 1.82) is 0 Å². The van der Waals surface area contributed by atoms with Crippen LogP contribution in [0.4, 0.5) is 5.69 Å². The van der Waals surface area contributed by atoms with Gasteiger partial charge in [-0.15, -0.1) is 11.6 Å². The van der Waals surface area contributed by atoms with Gasteiger partial charge >= 0.3 is 0 Å². The Hall–Kier alpha value is -2.83. The number of ether oxygens (including phenoxy) is 1. The molecule has 1 aliphatic carbocycles. The first-order valence-electron chi connectivity index (χ1n) is 11.2. The number of aromatic nitrogens is 1. The summed E-state index contributed by atoms with van der Waals surface area (Å²) in [4.78, 5) is 9.52. The smallest absolute Gasteiger partial charge is 0.155 e. The summed E-state index contributed by atoms with van der Waals surface area (Å²) in [7, 11) is 0. The van der Waals surface area contributed by atoms with Gasteiger partial charge in [-0.3, -0.25) is 4.99 Å². The molecule has 7 heteroatoms. The van der Waals surface area contributed by atoms with Crippen LogP contribution < -0.4 is 21.1 Å². The summed E-state index contributed by atoms with van der Waals surface area (Å²) in [5.74, 6) is 2.09. The van der Waals surface area contributed by atoms with E-state index in [1.807, 2.05) is 36.4 Å². The number of nitrogens with two attached hydrogens (primary N) is 1. The van der Waals surface area contributed by atoms with Gasteiger partial charge in [0.2, 0.25) is 0 Å². The van der Waals surface area contributed by atoms with Crippen LogP contribution in [0.3, 0.4) is 0 Å². The third kappa shape index (κ3) is 4.97. The van der Waals surface area contributed by atoms with Crippen LogP contribution in [0.2, 0.25) is 0 Å². The van der Waals surface area contributed by atoms with Crippen LogP contribution in [0.5, 0.6) is 5.75 Å². The molecule has 2 aliphatic rings. The second kappa shape index (κ2) is 10.7. The highest BCUT2D eigenvalue weighted by Gasteiger charge is 2.15. The SMILES string of the molecule is CCCNc1cc2oc3cc(=NCCCN)ccc-3nc2c2cc(OCCCCl)ccc12. The lowest BCUT2D eigenvalue weighted by Gasteiger charge is -2.14. The third-order valence-corrected chi connectivity index (χ3v) is 5.48. The molecule has 0 saturated carbocycles. The summed E-state index contributed by atoms with van der Waals surface area (Å²) >= 11 is 5.79. The molecule has 0 spiro atoms. The number of benzene rings is 3. The van der Waals surface area contributed by atoms with Gasteiger partial charge in [-0.1, -0.05) is 6.92 Å². The van der Waals surface area contributed by atoms with E-state index < -0.39 is 0 Å². The van der Waals surface area contributed by atoms with Crippen molar-refractivity contribution < 1.29 is 9.15 Å². The molecule has 0 amide bonds. The van der Waals surface area contributed by atoms with Crippen LogP contribution >= 0.6 is 11.6 Å². The van der Waals surface area contributed by atoms with Gasteiger partial charge in [-0.25, -0.2) is 4.98 Å². The Morgan fingerprint density at radius 3 is 2.84 bits per heavy atom. The first-order chi connectivity index (χ1) is 15.7. The standard InChI is InChI=1S/C25H29ClN4O2/c1-2-11-29-22-16-24-25(20-15-18(6-7-19(20)22)31-13-3-9-26)30-21-8-5-17(14-23(21)32-24)28-12-4-10-27/h5-8,14-16,29H,2-4,9-13,27H2,1H3. The van der Waals surface area contributed by atoms with Crippen molar-refractivity contribution in [2.24, 2.45) is 10.7 Å². The minimum absolute atomic E-state index is 0.578. The van der Waals surface area contributed by atoms with Gasteiger partial charge in [0.15, 0.2) is 11.3 Å². The predicted molar refractivity (Wildman–Crippen MR) is 132 cm³/mol. The van der Waals surface area contributed by atoms with E-state index >= 15 is 0 Å². The van der Waals surface area contributed by atoms with Crippen LogP contribution in [0.1, 0.15) is 26.2 Å². The van der Waals surface area contributed by atoms with E-state index in [1.54, 1.807) is 0 Å². The number of anilines is 1. The Morgan fingerprint density at radius 1 is 1.12 bits per heavy atom. The molecule has 0 bridgehead atoms. The molecule has 0 saturated heterocycles. The fraction of sp³-hybridized carbons (Fsp3) is 0.360. The summed E-state index contributed by atoms with van der Waals surface area (Å²) in [6.45, 7) is 4.93. The zero-order chi connectivity index (χ0) is 22.3. The quantitative estimate of drug-likeness (QED) is 0.150. The monoisotopic (exact) mass is 452 g/mol. The molecule has 2 aromatic rings. The second-order valence-electron chi connectivity index (χ2n) is 7.69. The predicted octanol–water partition coefficient (Wildman–Crippen LogP) is 5.16. The van der Waals surface area contributed by atoms with Crippen molar-refractivity contribution in [1.82, 2.24) is 4.98 Å². The first kappa shape index (κ1) is 22.4. The zero-order valence-corrected chi connectivity index (χ0v) is 19.1. The van der Waals surface area contributed by atoms with Crippen molar-refractivity contribution >= 4 is 39.2 Å². The van der Waals surface area contributed by atoms with Gasteiger partial charge in [-0.05, 0) is 56.1 Å². The number of fused-ring (bicyclic) bond motifs is 4. The number of nitrogens with one attached hydrogen (secondary N) is 1. The van der Waals surface area contributed by atoms with Gasteiger partial charge < -0.3 is 20.2 Å². The number of nitrogens with zero attached hydrogens (tertiary/aromatic N) is 2. The Bertz CT molecular complexity index is 1240. The molecule has 0 unspecified atom stereocenters. The highest BCUT2D eigenvalue weighted by Crippen LogP contribution is 2.36. The average Bonchev–Trinajstić information content (AvgIpc) is 2.81. The van der Waals surface area contributed by atoms with E-state index in [9.17, 15) is 0 Å². The number of halogens is 1. The maximum absolute atomic E-state index is 6.31.